The molecule has 0 aliphatic heterocycles. The Balaban J connectivity index is 0.931. The van der Waals surface area contributed by atoms with E-state index in [1.807, 2.05) is 0 Å². The number of anilines is 3. The van der Waals surface area contributed by atoms with E-state index in [9.17, 15) is 0 Å². The van der Waals surface area contributed by atoms with Crippen LogP contribution in [0.1, 0.15) is 0 Å². The summed E-state index contributed by atoms with van der Waals surface area (Å²) in [5.74, 6) is 0. The molecule has 2 nitrogen and oxygen atoms in total. The Morgan fingerprint density at radius 1 is 0.250 bits per heavy atom. The summed E-state index contributed by atoms with van der Waals surface area (Å²) in [6, 6.07) is 86.0. The monoisotopic (exact) mass is 813 g/mol. The lowest BCUT2D eigenvalue weighted by Gasteiger charge is -2.26. The molecule has 1 heterocycles. The third kappa shape index (κ3) is 5.88. The molecule has 1 aromatic heterocycles. The minimum absolute atomic E-state index is 0.862. The Bertz CT molecular complexity index is 3950. The van der Waals surface area contributed by atoms with Gasteiger partial charge in [0.25, 0.3) is 0 Å². The summed E-state index contributed by atoms with van der Waals surface area (Å²) < 4.78 is 6.75. The second-order valence-corrected chi connectivity index (χ2v) is 16.8. The molecular weight excluding hydrogens is 775 g/mol. The van der Waals surface area contributed by atoms with E-state index in [4.69, 9.17) is 4.42 Å². The van der Waals surface area contributed by atoms with Crippen molar-refractivity contribution in [2.75, 3.05) is 4.90 Å². The van der Waals surface area contributed by atoms with E-state index >= 15 is 0 Å². The zero-order chi connectivity index (χ0) is 42.1. The molecule has 12 aromatic carbocycles. The average molecular weight is 814 g/mol. The molecule has 0 radical (unpaired) electrons. The molecule has 0 bridgehead atoms. The van der Waals surface area contributed by atoms with Gasteiger partial charge in [-0.15, -0.1) is 0 Å². The van der Waals surface area contributed by atoms with Crippen LogP contribution in [-0.4, -0.2) is 0 Å². The highest BCUT2D eigenvalue weighted by Gasteiger charge is 2.18. The molecule has 13 rings (SSSR count). The van der Waals surface area contributed by atoms with Crippen LogP contribution in [0.15, 0.2) is 241 Å². The minimum atomic E-state index is 0.862. The third-order valence-electron chi connectivity index (χ3n) is 13.2. The van der Waals surface area contributed by atoms with Gasteiger partial charge < -0.3 is 9.32 Å². The fourth-order valence-corrected chi connectivity index (χ4v) is 10.1. The van der Waals surface area contributed by atoms with Crippen LogP contribution in [0.2, 0.25) is 0 Å². The maximum absolute atomic E-state index is 6.75. The SMILES string of the molecule is c1cc(-c2ccc(-c3cc4ccccc4c4ccccc34)cc2)cc(N(c2ccc(-c3cc4ccccc4c4ccccc34)cc2)c2ccc3c(c2)oc2c4ccccc4ccc32)c1. The van der Waals surface area contributed by atoms with Crippen molar-refractivity contribution in [3.05, 3.63) is 237 Å². The predicted octanol–water partition coefficient (Wildman–Crippen LogP) is 17.8. The van der Waals surface area contributed by atoms with Crippen LogP contribution in [-0.2, 0) is 0 Å². The van der Waals surface area contributed by atoms with Crippen molar-refractivity contribution < 1.29 is 4.42 Å². The van der Waals surface area contributed by atoms with Gasteiger partial charge in [-0.1, -0.05) is 176 Å². The van der Waals surface area contributed by atoms with E-state index in [2.05, 4.69) is 241 Å². The zero-order valence-corrected chi connectivity index (χ0v) is 34.9. The number of furan rings is 1. The first-order chi connectivity index (χ1) is 31.7. The second-order valence-electron chi connectivity index (χ2n) is 16.8. The molecule has 13 aromatic rings. The third-order valence-corrected chi connectivity index (χ3v) is 13.2. The quantitative estimate of drug-likeness (QED) is 0.156. The molecule has 0 spiro atoms. The number of benzene rings is 12. The van der Waals surface area contributed by atoms with Crippen molar-refractivity contribution in [1.29, 1.82) is 0 Å². The number of nitrogens with zero attached hydrogens (tertiary/aromatic N) is 1. The van der Waals surface area contributed by atoms with Crippen molar-refractivity contribution >= 4 is 92.9 Å². The highest BCUT2D eigenvalue weighted by atomic mass is 16.3. The lowest BCUT2D eigenvalue weighted by molar-refractivity contribution is 0.672. The largest absolute Gasteiger partial charge is 0.455 e. The van der Waals surface area contributed by atoms with Gasteiger partial charge >= 0.3 is 0 Å². The molecule has 0 unspecified atom stereocenters. The summed E-state index contributed by atoms with van der Waals surface area (Å²) >= 11 is 0. The van der Waals surface area contributed by atoms with Crippen molar-refractivity contribution in [2.45, 2.75) is 0 Å². The van der Waals surface area contributed by atoms with Gasteiger partial charge in [-0.05, 0) is 136 Å². The molecule has 0 saturated heterocycles. The molecule has 298 valence electrons. The summed E-state index contributed by atoms with van der Waals surface area (Å²) in [6.07, 6.45) is 0. The van der Waals surface area contributed by atoms with Gasteiger partial charge in [-0.25, -0.2) is 0 Å². The van der Waals surface area contributed by atoms with Gasteiger partial charge in [0.2, 0.25) is 0 Å². The summed E-state index contributed by atoms with van der Waals surface area (Å²) in [4.78, 5) is 2.35. The van der Waals surface area contributed by atoms with Crippen LogP contribution in [0.3, 0.4) is 0 Å². The molecule has 0 aliphatic carbocycles. The van der Waals surface area contributed by atoms with E-state index in [0.29, 0.717) is 0 Å². The molecule has 0 N–H and O–H groups in total. The number of hydrogen-bond acceptors (Lipinski definition) is 2. The predicted molar refractivity (Wildman–Crippen MR) is 272 cm³/mol. The van der Waals surface area contributed by atoms with Gasteiger partial charge in [0.1, 0.15) is 11.2 Å². The number of rotatable bonds is 6. The van der Waals surface area contributed by atoms with Crippen molar-refractivity contribution in [2.24, 2.45) is 0 Å². The minimum Gasteiger partial charge on any atom is -0.455 e. The maximum Gasteiger partial charge on any atom is 0.143 e. The molecule has 0 amide bonds. The molecule has 0 atom stereocenters. The van der Waals surface area contributed by atoms with Gasteiger partial charge in [0.15, 0.2) is 0 Å². The van der Waals surface area contributed by atoms with Gasteiger partial charge in [0, 0.05) is 39.3 Å². The molecule has 64 heavy (non-hydrogen) atoms. The summed E-state index contributed by atoms with van der Waals surface area (Å²) in [5, 5.41) is 14.6. The standard InChI is InChI=1S/C62H39NO/c1-6-19-52-41(12-1)30-34-58-57-35-33-49(39-61(57)64-62(52)58)63(47-31-28-43(29-32-47)60-38-46-14-3-5-18-51(46)54-21-8-10-23-56(54)60)48-16-11-15-44(36-48)40-24-26-42(27-25-40)59-37-45-13-2-4-17-50(45)53-20-7-9-22-55(53)59/h1-39H. The number of fused-ring (bicyclic) bond motifs is 11. The lowest BCUT2D eigenvalue weighted by Crippen LogP contribution is -2.10. The van der Waals surface area contributed by atoms with Crippen LogP contribution in [0.4, 0.5) is 17.1 Å². The first kappa shape index (κ1) is 36.2. The topological polar surface area (TPSA) is 16.4 Å². The fraction of sp³-hybridized carbons (Fsp3) is 0. The Morgan fingerprint density at radius 2 is 0.734 bits per heavy atom. The van der Waals surface area contributed by atoms with Crippen LogP contribution in [0, 0.1) is 0 Å². The summed E-state index contributed by atoms with van der Waals surface area (Å²) in [5.41, 5.74) is 12.1. The van der Waals surface area contributed by atoms with Crippen molar-refractivity contribution in [3.8, 4) is 33.4 Å². The summed E-state index contributed by atoms with van der Waals surface area (Å²) in [7, 11) is 0. The molecule has 2 heteroatoms. The van der Waals surface area contributed by atoms with E-state index in [1.165, 1.54) is 70.7 Å². The van der Waals surface area contributed by atoms with Crippen LogP contribution < -0.4 is 4.90 Å². The van der Waals surface area contributed by atoms with E-state index in [0.717, 1.165) is 55.5 Å². The van der Waals surface area contributed by atoms with E-state index < -0.39 is 0 Å². The first-order valence-corrected chi connectivity index (χ1v) is 22.0. The highest BCUT2D eigenvalue weighted by molar-refractivity contribution is 6.17. The van der Waals surface area contributed by atoms with Gasteiger partial charge in [-0.2, -0.15) is 0 Å². The van der Waals surface area contributed by atoms with Crippen molar-refractivity contribution in [3.63, 3.8) is 0 Å². The molecule has 0 aliphatic rings. The maximum atomic E-state index is 6.75. The fourth-order valence-electron chi connectivity index (χ4n) is 10.1. The van der Waals surface area contributed by atoms with E-state index in [-0.39, 0.29) is 0 Å². The normalized spacial score (nSPS) is 11.8. The average Bonchev–Trinajstić information content (AvgIpc) is 3.75. The van der Waals surface area contributed by atoms with Crippen LogP contribution in [0.5, 0.6) is 0 Å². The van der Waals surface area contributed by atoms with Crippen LogP contribution in [0.25, 0.3) is 109 Å². The number of hydrogen-bond donors (Lipinski definition) is 0. The van der Waals surface area contributed by atoms with E-state index in [1.54, 1.807) is 0 Å². The first-order valence-electron chi connectivity index (χ1n) is 22.0. The highest BCUT2D eigenvalue weighted by Crippen LogP contribution is 2.43. The molecule has 0 saturated carbocycles. The second kappa shape index (κ2) is 14.6. The smallest absolute Gasteiger partial charge is 0.143 e. The van der Waals surface area contributed by atoms with Gasteiger partial charge in [-0.3, -0.25) is 0 Å². The Morgan fingerprint density at radius 3 is 1.38 bits per heavy atom. The molecular formula is C62H39NO. The Kier molecular flexibility index (Phi) is 8.25. The molecule has 0 fully saturated rings. The Hall–Kier alpha value is -8.46. The van der Waals surface area contributed by atoms with Crippen LogP contribution >= 0.6 is 0 Å². The van der Waals surface area contributed by atoms with Gasteiger partial charge in [0.05, 0.1) is 0 Å². The van der Waals surface area contributed by atoms with Crippen molar-refractivity contribution in [1.82, 2.24) is 0 Å². The summed E-state index contributed by atoms with van der Waals surface area (Å²) in [6.45, 7) is 0. The Labute approximate surface area is 370 Å². The zero-order valence-electron chi connectivity index (χ0n) is 34.9. The lowest BCUT2D eigenvalue weighted by atomic mass is 9.92.